The highest BCUT2D eigenvalue weighted by Gasteiger charge is 2.34. The van der Waals surface area contributed by atoms with Gasteiger partial charge in [-0.2, -0.15) is 0 Å². The smallest absolute Gasteiger partial charge is 0.309 e. The molecule has 0 saturated carbocycles. The zero-order chi connectivity index (χ0) is 18.4. The molecule has 2 atom stereocenters. The topological polar surface area (TPSA) is 26.3 Å². The summed E-state index contributed by atoms with van der Waals surface area (Å²) in [6.07, 6.45) is 7.55. The Bertz CT molecular complexity index is 700. The molecular weight excluding hydrogens is 320 g/mol. The lowest BCUT2D eigenvalue weighted by Crippen LogP contribution is -2.06. The Kier molecular flexibility index (Phi) is 6.49. The van der Waals surface area contributed by atoms with E-state index in [0.717, 1.165) is 37.7 Å². The van der Waals surface area contributed by atoms with Gasteiger partial charge in [0, 0.05) is 6.42 Å². The Labute approximate surface area is 157 Å². The molecule has 0 amide bonds. The average molecular weight is 351 g/mol. The summed E-state index contributed by atoms with van der Waals surface area (Å²) in [5.41, 5.74) is 4.97. The molecule has 0 radical (unpaired) electrons. The van der Waals surface area contributed by atoms with Gasteiger partial charge in [-0.3, -0.25) is 4.79 Å². The first-order valence-corrected chi connectivity index (χ1v) is 10.1. The molecule has 2 unspecified atom stereocenters. The average Bonchev–Trinajstić information content (AvgIpc) is 3.06. The van der Waals surface area contributed by atoms with Crippen LogP contribution >= 0.6 is 0 Å². The summed E-state index contributed by atoms with van der Waals surface area (Å²) in [5.74, 6) is 0.0606. The standard InChI is InChI=1S/C24H30O2/c1-3-5-7-18-9-11-19(12-10-18)20-13-15-21(16-14-20)23-17-22(8-6-4-2)24(25)26-23/h9-16,22-23H,3-8,17H2,1-2H3. The highest BCUT2D eigenvalue weighted by molar-refractivity contribution is 5.75. The third-order valence-corrected chi connectivity index (χ3v) is 5.39. The van der Waals surface area contributed by atoms with Gasteiger partial charge in [-0.05, 0) is 41.5 Å². The second kappa shape index (κ2) is 9.02. The van der Waals surface area contributed by atoms with E-state index in [9.17, 15) is 4.79 Å². The van der Waals surface area contributed by atoms with E-state index in [1.165, 1.54) is 29.5 Å². The Morgan fingerprint density at radius 3 is 2.12 bits per heavy atom. The molecule has 0 N–H and O–H groups in total. The Morgan fingerprint density at radius 2 is 1.50 bits per heavy atom. The lowest BCUT2D eigenvalue weighted by molar-refractivity contribution is -0.144. The van der Waals surface area contributed by atoms with Crippen molar-refractivity contribution in [3.63, 3.8) is 0 Å². The lowest BCUT2D eigenvalue weighted by atomic mass is 9.94. The number of carbonyl (C=O) groups is 1. The minimum absolute atomic E-state index is 0.0183. The van der Waals surface area contributed by atoms with E-state index >= 15 is 0 Å². The van der Waals surface area contributed by atoms with E-state index in [1.54, 1.807) is 0 Å². The summed E-state index contributed by atoms with van der Waals surface area (Å²) < 4.78 is 5.62. The number of benzene rings is 2. The van der Waals surface area contributed by atoms with Crippen LogP contribution in [-0.2, 0) is 16.0 Å². The van der Waals surface area contributed by atoms with Gasteiger partial charge in [0.25, 0.3) is 0 Å². The molecule has 26 heavy (non-hydrogen) atoms. The largest absolute Gasteiger partial charge is 0.457 e. The van der Waals surface area contributed by atoms with Crippen molar-refractivity contribution >= 4 is 5.97 Å². The van der Waals surface area contributed by atoms with Gasteiger partial charge in [-0.15, -0.1) is 0 Å². The van der Waals surface area contributed by atoms with Gasteiger partial charge in [0.1, 0.15) is 6.10 Å². The van der Waals surface area contributed by atoms with Gasteiger partial charge in [0.05, 0.1) is 5.92 Å². The first kappa shape index (κ1) is 18.7. The van der Waals surface area contributed by atoms with Crippen molar-refractivity contribution in [1.82, 2.24) is 0 Å². The van der Waals surface area contributed by atoms with Crippen LogP contribution in [0.25, 0.3) is 11.1 Å². The SMILES string of the molecule is CCCCc1ccc(-c2ccc(C3CC(CCCC)C(=O)O3)cc2)cc1. The van der Waals surface area contributed by atoms with Crippen LogP contribution in [0.5, 0.6) is 0 Å². The number of aryl methyl sites for hydroxylation is 1. The molecule has 1 heterocycles. The molecule has 1 fully saturated rings. The molecule has 2 heteroatoms. The fourth-order valence-corrected chi connectivity index (χ4v) is 3.66. The van der Waals surface area contributed by atoms with Crippen LogP contribution < -0.4 is 0 Å². The van der Waals surface area contributed by atoms with Gasteiger partial charge in [-0.25, -0.2) is 0 Å². The van der Waals surface area contributed by atoms with Crippen molar-refractivity contribution in [1.29, 1.82) is 0 Å². The minimum Gasteiger partial charge on any atom is -0.457 e. The highest BCUT2D eigenvalue weighted by atomic mass is 16.5. The number of hydrogen-bond acceptors (Lipinski definition) is 2. The van der Waals surface area contributed by atoms with Crippen LogP contribution in [0.2, 0.25) is 0 Å². The third kappa shape index (κ3) is 4.55. The maximum atomic E-state index is 12.0. The Hall–Kier alpha value is -2.09. The molecular formula is C24H30O2. The summed E-state index contributed by atoms with van der Waals surface area (Å²) in [6.45, 7) is 4.39. The number of hydrogen-bond donors (Lipinski definition) is 0. The van der Waals surface area contributed by atoms with Crippen molar-refractivity contribution in [2.45, 2.75) is 64.9 Å². The maximum absolute atomic E-state index is 12.0. The van der Waals surface area contributed by atoms with Crippen LogP contribution in [0.15, 0.2) is 48.5 Å². The van der Waals surface area contributed by atoms with Crippen LogP contribution in [-0.4, -0.2) is 5.97 Å². The zero-order valence-electron chi connectivity index (χ0n) is 16.0. The van der Waals surface area contributed by atoms with Crippen molar-refractivity contribution in [2.75, 3.05) is 0 Å². The summed E-state index contributed by atoms with van der Waals surface area (Å²) in [5, 5.41) is 0. The van der Waals surface area contributed by atoms with E-state index in [1.807, 2.05) is 0 Å². The van der Waals surface area contributed by atoms with Crippen LogP contribution in [0.4, 0.5) is 0 Å². The fourth-order valence-electron chi connectivity index (χ4n) is 3.66. The molecule has 3 rings (SSSR count). The molecule has 2 aromatic carbocycles. The molecule has 0 aliphatic carbocycles. The van der Waals surface area contributed by atoms with Crippen LogP contribution in [0, 0.1) is 5.92 Å². The summed E-state index contributed by atoms with van der Waals surface area (Å²) >= 11 is 0. The third-order valence-electron chi connectivity index (χ3n) is 5.39. The van der Waals surface area contributed by atoms with Gasteiger partial charge in [-0.1, -0.05) is 81.6 Å². The van der Waals surface area contributed by atoms with E-state index in [0.29, 0.717) is 0 Å². The van der Waals surface area contributed by atoms with E-state index < -0.39 is 0 Å². The van der Waals surface area contributed by atoms with E-state index in [4.69, 9.17) is 4.74 Å². The molecule has 1 saturated heterocycles. The van der Waals surface area contributed by atoms with Crippen LogP contribution in [0.3, 0.4) is 0 Å². The summed E-state index contributed by atoms with van der Waals surface area (Å²) in [4.78, 5) is 12.0. The summed E-state index contributed by atoms with van der Waals surface area (Å²) in [6, 6.07) is 17.4. The van der Waals surface area contributed by atoms with E-state index in [2.05, 4.69) is 62.4 Å². The predicted molar refractivity (Wildman–Crippen MR) is 107 cm³/mol. The first-order chi connectivity index (χ1) is 12.7. The van der Waals surface area contributed by atoms with Crippen molar-refractivity contribution in [2.24, 2.45) is 5.92 Å². The lowest BCUT2D eigenvalue weighted by Gasteiger charge is -2.11. The summed E-state index contributed by atoms with van der Waals surface area (Å²) in [7, 11) is 0. The van der Waals surface area contributed by atoms with Gasteiger partial charge in [0.2, 0.25) is 0 Å². The Morgan fingerprint density at radius 1 is 0.885 bits per heavy atom. The van der Waals surface area contributed by atoms with E-state index in [-0.39, 0.29) is 18.0 Å². The molecule has 0 bridgehead atoms. The molecule has 0 aromatic heterocycles. The van der Waals surface area contributed by atoms with Gasteiger partial charge < -0.3 is 4.74 Å². The highest BCUT2D eigenvalue weighted by Crippen LogP contribution is 2.36. The second-order valence-corrected chi connectivity index (χ2v) is 7.42. The number of ether oxygens (including phenoxy) is 1. The quantitative estimate of drug-likeness (QED) is 0.509. The second-order valence-electron chi connectivity index (χ2n) is 7.42. The van der Waals surface area contributed by atoms with Gasteiger partial charge in [0.15, 0.2) is 0 Å². The molecule has 1 aliphatic heterocycles. The molecule has 2 nitrogen and oxygen atoms in total. The number of unbranched alkanes of at least 4 members (excludes halogenated alkanes) is 2. The Balaban J connectivity index is 1.64. The minimum atomic E-state index is -0.0742. The van der Waals surface area contributed by atoms with Gasteiger partial charge >= 0.3 is 5.97 Å². The predicted octanol–water partition coefficient (Wildman–Crippen LogP) is 6.49. The number of cyclic esters (lactones) is 1. The molecule has 2 aromatic rings. The number of rotatable bonds is 8. The monoisotopic (exact) mass is 350 g/mol. The van der Waals surface area contributed by atoms with Crippen molar-refractivity contribution < 1.29 is 9.53 Å². The normalized spacial score (nSPS) is 19.5. The van der Waals surface area contributed by atoms with Crippen molar-refractivity contribution in [3.8, 4) is 11.1 Å². The fraction of sp³-hybridized carbons (Fsp3) is 0.458. The van der Waals surface area contributed by atoms with Crippen LogP contribution in [0.1, 0.15) is 69.6 Å². The number of esters is 1. The number of carbonyl (C=O) groups excluding carboxylic acids is 1. The zero-order valence-corrected chi connectivity index (χ0v) is 16.0. The first-order valence-electron chi connectivity index (χ1n) is 10.1. The molecule has 0 spiro atoms. The molecule has 1 aliphatic rings. The molecule has 138 valence electrons. The van der Waals surface area contributed by atoms with Crippen molar-refractivity contribution in [3.05, 3.63) is 59.7 Å². The maximum Gasteiger partial charge on any atom is 0.309 e.